The maximum Gasteiger partial charge on any atom is 0.243 e. The first-order chi connectivity index (χ1) is 13.1. The molecule has 1 atom stereocenters. The van der Waals surface area contributed by atoms with Crippen LogP contribution in [-0.4, -0.2) is 50.2 Å². The lowest BCUT2D eigenvalue weighted by atomic mass is 10.3. The zero-order chi connectivity index (χ0) is 19.5. The van der Waals surface area contributed by atoms with Crippen molar-refractivity contribution >= 4 is 17.6 Å². The minimum atomic E-state index is -0.188. The molecular weight excluding hydrogens is 346 g/mol. The number of ether oxygens (including phenoxy) is 2. The van der Waals surface area contributed by atoms with Crippen LogP contribution in [0.15, 0.2) is 53.8 Å². The van der Waals surface area contributed by atoms with E-state index in [4.69, 9.17) is 9.47 Å². The average molecular weight is 371 g/mol. The van der Waals surface area contributed by atoms with Gasteiger partial charge in [0.15, 0.2) is 5.96 Å². The van der Waals surface area contributed by atoms with E-state index < -0.39 is 0 Å². The summed E-state index contributed by atoms with van der Waals surface area (Å²) in [5, 5.41) is 8.83. The van der Waals surface area contributed by atoms with E-state index >= 15 is 0 Å². The molecule has 8 nitrogen and oxygen atoms in total. The van der Waals surface area contributed by atoms with Crippen LogP contribution in [0.1, 0.15) is 6.92 Å². The van der Waals surface area contributed by atoms with Crippen LogP contribution in [0.5, 0.6) is 11.5 Å². The number of hydrogen-bond donors (Lipinski definition) is 3. The number of rotatable bonds is 8. The van der Waals surface area contributed by atoms with Crippen molar-refractivity contribution in [2.24, 2.45) is 4.99 Å². The lowest BCUT2D eigenvalue weighted by Crippen LogP contribution is -2.44. The third-order valence-electron chi connectivity index (χ3n) is 3.52. The molecule has 1 unspecified atom stereocenters. The van der Waals surface area contributed by atoms with Gasteiger partial charge in [-0.05, 0) is 31.2 Å². The van der Waals surface area contributed by atoms with Crippen molar-refractivity contribution in [3.8, 4) is 11.5 Å². The lowest BCUT2D eigenvalue weighted by molar-refractivity contribution is -0.115. The minimum Gasteiger partial charge on any atom is -0.497 e. The molecule has 8 heteroatoms. The van der Waals surface area contributed by atoms with Gasteiger partial charge in [-0.2, -0.15) is 0 Å². The molecule has 0 aliphatic heterocycles. The highest BCUT2D eigenvalue weighted by molar-refractivity contribution is 5.94. The summed E-state index contributed by atoms with van der Waals surface area (Å²) in [5.41, 5.74) is 0.646. The molecule has 0 fully saturated rings. The van der Waals surface area contributed by atoms with E-state index in [0.29, 0.717) is 18.2 Å². The largest absolute Gasteiger partial charge is 0.497 e. The zero-order valence-electron chi connectivity index (χ0n) is 15.7. The molecule has 0 radical (unpaired) electrons. The fraction of sp³-hybridized carbons (Fsp3) is 0.316. The van der Waals surface area contributed by atoms with E-state index in [9.17, 15) is 4.79 Å². The SMILES string of the molecule is CN=C(NCC(=O)Nc1cccnc1)NCC(C)Oc1cccc(OC)c1. The third-order valence-corrected chi connectivity index (χ3v) is 3.52. The summed E-state index contributed by atoms with van der Waals surface area (Å²) in [4.78, 5) is 20.0. The predicted molar refractivity (Wildman–Crippen MR) is 105 cm³/mol. The van der Waals surface area contributed by atoms with Crippen LogP contribution in [0, 0.1) is 0 Å². The molecule has 144 valence electrons. The van der Waals surface area contributed by atoms with Crippen molar-refractivity contribution in [1.82, 2.24) is 15.6 Å². The number of methoxy groups -OCH3 is 1. The number of anilines is 1. The van der Waals surface area contributed by atoms with Gasteiger partial charge in [0.25, 0.3) is 0 Å². The number of nitrogens with zero attached hydrogens (tertiary/aromatic N) is 2. The summed E-state index contributed by atoms with van der Waals surface area (Å²) >= 11 is 0. The van der Waals surface area contributed by atoms with Crippen LogP contribution in [-0.2, 0) is 4.79 Å². The van der Waals surface area contributed by atoms with Gasteiger partial charge < -0.3 is 25.4 Å². The standard InChI is InChI=1S/C19H25N5O3/c1-14(27-17-8-4-7-16(10-17)26-3)11-22-19(20-2)23-13-18(25)24-15-6-5-9-21-12-15/h4-10,12,14H,11,13H2,1-3H3,(H,24,25)(H2,20,22,23). The van der Waals surface area contributed by atoms with Gasteiger partial charge in [0.05, 0.1) is 32.1 Å². The van der Waals surface area contributed by atoms with Gasteiger partial charge in [0, 0.05) is 19.3 Å². The Balaban J connectivity index is 1.73. The molecule has 0 spiro atoms. The molecule has 0 saturated carbocycles. The van der Waals surface area contributed by atoms with Crippen LogP contribution in [0.3, 0.4) is 0 Å². The molecular formula is C19H25N5O3. The van der Waals surface area contributed by atoms with Gasteiger partial charge >= 0.3 is 0 Å². The Morgan fingerprint density at radius 2 is 2.04 bits per heavy atom. The van der Waals surface area contributed by atoms with E-state index in [1.807, 2.05) is 31.2 Å². The fourth-order valence-corrected chi connectivity index (χ4v) is 2.22. The normalized spacial score (nSPS) is 12.0. The molecule has 0 saturated heterocycles. The number of pyridine rings is 1. The summed E-state index contributed by atoms with van der Waals surface area (Å²) in [5.74, 6) is 1.79. The Bertz CT molecular complexity index is 752. The van der Waals surface area contributed by atoms with Crippen LogP contribution in [0.25, 0.3) is 0 Å². The van der Waals surface area contributed by atoms with Crippen molar-refractivity contribution in [1.29, 1.82) is 0 Å². The number of nitrogens with one attached hydrogen (secondary N) is 3. The lowest BCUT2D eigenvalue weighted by Gasteiger charge is -2.18. The quantitative estimate of drug-likeness (QED) is 0.482. The molecule has 1 aromatic heterocycles. The average Bonchev–Trinajstić information content (AvgIpc) is 2.69. The molecule has 0 aliphatic carbocycles. The van der Waals surface area contributed by atoms with Crippen molar-refractivity contribution in [3.05, 3.63) is 48.8 Å². The first-order valence-corrected chi connectivity index (χ1v) is 8.56. The van der Waals surface area contributed by atoms with E-state index in [-0.39, 0.29) is 18.6 Å². The topological polar surface area (TPSA) is 96.9 Å². The van der Waals surface area contributed by atoms with Crippen molar-refractivity contribution in [2.75, 3.05) is 32.6 Å². The summed E-state index contributed by atoms with van der Waals surface area (Å²) < 4.78 is 11.0. The minimum absolute atomic E-state index is 0.0830. The Labute approximate surface area is 159 Å². The molecule has 27 heavy (non-hydrogen) atoms. The second-order valence-corrected chi connectivity index (χ2v) is 5.70. The van der Waals surface area contributed by atoms with E-state index in [0.717, 1.165) is 11.5 Å². The zero-order valence-corrected chi connectivity index (χ0v) is 15.7. The Morgan fingerprint density at radius 3 is 2.74 bits per heavy atom. The molecule has 1 aromatic carbocycles. The van der Waals surface area contributed by atoms with E-state index in [1.54, 1.807) is 38.7 Å². The van der Waals surface area contributed by atoms with Gasteiger partial charge in [-0.15, -0.1) is 0 Å². The summed E-state index contributed by atoms with van der Waals surface area (Å²) in [6, 6.07) is 11.0. The van der Waals surface area contributed by atoms with Crippen LogP contribution in [0.2, 0.25) is 0 Å². The predicted octanol–water partition coefficient (Wildman–Crippen LogP) is 1.66. The van der Waals surface area contributed by atoms with Crippen LogP contribution in [0.4, 0.5) is 5.69 Å². The van der Waals surface area contributed by atoms with E-state index in [1.165, 1.54) is 0 Å². The number of hydrogen-bond acceptors (Lipinski definition) is 5. The highest BCUT2D eigenvalue weighted by Crippen LogP contribution is 2.19. The molecule has 0 bridgehead atoms. The second-order valence-electron chi connectivity index (χ2n) is 5.70. The molecule has 2 aromatic rings. The Hall–Kier alpha value is -3.29. The summed E-state index contributed by atoms with van der Waals surface area (Å²) in [7, 11) is 3.26. The summed E-state index contributed by atoms with van der Waals surface area (Å²) in [6.07, 6.45) is 3.12. The van der Waals surface area contributed by atoms with Crippen molar-refractivity contribution < 1.29 is 14.3 Å². The highest BCUT2D eigenvalue weighted by Gasteiger charge is 2.08. The van der Waals surface area contributed by atoms with Crippen LogP contribution >= 0.6 is 0 Å². The van der Waals surface area contributed by atoms with E-state index in [2.05, 4.69) is 25.9 Å². The number of carbonyl (C=O) groups is 1. The Morgan fingerprint density at radius 1 is 1.22 bits per heavy atom. The summed E-state index contributed by atoms with van der Waals surface area (Å²) in [6.45, 7) is 2.54. The van der Waals surface area contributed by atoms with Crippen molar-refractivity contribution in [2.45, 2.75) is 13.0 Å². The van der Waals surface area contributed by atoms with Gasteiger partial charge in [-0.3, -0.25) is 14.8 Å². The van der Waals surface area contributed by atoms with Gasteiger partial charge in [-0.25, -0.2) is 0 Å². The maximum atomic E-state index is 12.0. The first-order valence-electron chi connectivity index (χ1n) is 8.56. The van der Waals surface area contributed by atoms with Gasteiger partial charge in [0.1, 0.15) is 17.6 Å². The molecule has 1 heterocycles. The number of benzene rings is 1. The molecule has 1 amide bonds. The van der Waals surface area contributed by atoms with Crippen molar-refractivity contribution in [3.63, 3.8) is 0 Å². The fourth-order valence-electron chi connectivity index (χ4n) is 2.22. The van der Waals surface area contributed by atoms with Crippen LogP contribution < -0.4 is 25.4 Å². The number of amides is 1. The maximum absolute atomic E-state index is 12.0. The Kier molecular flexibility index (Phi) is 7.90. The van der Waals surface area contributed by atoms with Gasteiger partial charge in [0.2, 0.25) is 5.91 Å². The molecule has 2 rings (SSSR count). The molecule has 0 aliphatic rings. The highest BCUT2D eigenvalue weighted by atomic mass is 16.5. The first kappa shape index (κ1) is 20.0. The smallest absolute Gasteiger partial charge is 0.243 e. The van der Waals surface area contributed by atoms with Gasteiger partial charge in [-0.1, -0.05) is 6.07 Å². The molecule has 3 N–H and O–H groups in total. The monoisotopic (exact) mass is 371 g/mol. The third kappa shape index (κ3) is 7.23. The second kappa shape index (κ2) is 10.6. The number of aromatic nitrogens is 1. The number of guanidine groups is 1. The number of aliphatic imine (C=N–C) groups is 1. The number of carbonyl (C=O) groups excluding carboxylic acids is 1.